The number of nitrogens with two attached hydrogens (primary N) is 1. The molecule has 3 N–H and O–H groups in total. The van der Waals surface area contributed by atoms with Crippen molar-refractivity contribution in [2.45, 2.75) is 6.42 Å². The van der Waals surface area contributed by atoms with E-state index in [2.05, 4.69) is 19.7 Å². The number of rotatable bonds is 4. The molecule has 0 fully saturated rings. The van der Waals surface area contributed by atoms with Gasteiger partial charge >= 0.3 is 0 Å². The molecule has 2 rings (SSSR count). The Morgan fingerprint density at radius 1 is 1.43 bits per heavy atom. The predicted molar refractivity (Wildman–Crippen MR) is 57.4 cm³/mol. The topological polar surface area (TPSA) is 76.7 Å². The van der Waals surface area contributed by atoms with Crippen LogP contribution in [0.4, 0.5) is 5.95 Å². The van der Waals surface area contributed by atoms with Crippen molar-refractivity contribution in [2.75, 3.05) is 18.4 Å². The van der Waals surface area contributed by atoms with E-state index in [9.17, 15) is 0 Å². The second-order valence-electron chi connectivity index (χ2n) is 2.84. The number of fused-ring (bicyclic) bond motifs is 1. The van der Waals surface area contributed by atoms with Crippen molar-refractivity contribution < 1.29 is 0 Å². The summed E-state index contributed by atoms with van der Waals surface area (Å²) in [4.78, 5) is 8.45. The average molecular weight is 209 g/mol. The van der Waals surface area contributed by atoms with Gasteiger partial charge in [-0.2, -0.15) is 4.37 Å². The Balaban J connectivity index is 2.10. The van der Waals surface area contributed by atoms with Crippen LogP contribution in [0.15, 0.2) is 12.4 Å². The molecule has 74 valence electrons. The first kappa shape index (κ1) is 9.29. The van der Waals surface area contributed by atoms with E-state index in [0.29, 0.717) is 12.5 Å². The third kappa shape index (κ3) is 1.97. The lowest BCUT2D eigenvalue weighted by Crippen LogP contribution is -2.10. The van der Waals surface area contributed by atoms with Crippen LogP contribution < -0.4 is 11.1 Å². The molecule has 0 bridgehead atoms. The van der Waals surface area contributed by atoms with Crippen LogP contribution in [0.1, 0.15) is 6.42 Å². The summed E-state index contributed by atoms with van der Waals surface area (Å²) in [5, 5.41) is 3.10. The summed E-state index contributed by atoms with van der Waals surface area (Å²) in [6, 6.07) is 0. The minimum absolute atomic E-state index is 0.645. The molecule has 0 spiro atoms. The number of aromatic nitrogens is 3. The first-order chi connectivity index (χ1) is 6.90. The lowest BCUT2D eigenvalue weighted by atomic mass is 10.4. The second kappa shape index (κ2) is 4.30. The minimum Gasteiger partial charge on any atom is -0.354 e. The Hall–Kier alpha value is -1.27. The fourth-order valence-corrected chi connectivity index (χ4v) is 1.63. The third-order valence-corrected chi connectivity index (χ3v) is 2.50. The molecule has 0 atom stereocenters. The van der Waals surface area contributed by atoms with Gasteiger partial charge < -0.3 is 11.1 Å². The van der Waals surface area contributed by atoms with E-state index in [1.165, 1.54) is 11.5 Å². The Labute approximate surface area is 85.5 Å². The lowest BCUT2D eigenvalue weighted by molar-refractivity contribution is 0.865. The predicted octanol–water partition coefficient (Wildman–Crippen LogP) is 0.847. The zero-order valence-corrected chi connectivity index (χ0v) is 8.42. The van der Waals surface area contributed by atoms with Crippen LogP contribution in [-0.2, 0) is 0 Å². The zero-order chi connectivity index (χ0) is 9.80. The van der Waals surface area contributed by atoms with Gasteiger partial charge in [-0.15, -0.1) is 0 Å². The SMILES string of the molecule is NCCCNc1ncc2sncc2n1. The lowest BCUT2D eigenvalue weighted by Gasteiger charge is -2.01. The van der Waals surface area contributed by atoms with Crippen molar-refractivity contribution in [1.29, 1.82) is 0 Å². The normalized spacial score (nSPS) is 10.6. The van der Waals surface area contributed by atoms with Crippen molar-refractivity contribution in [2.24, 2.45) is 5.73 Å². The molecule has 0 aliphatic carbocycles. The van der Waals surface area contributed by atoms with Crippen LogP contribution in [0.25, 0.3) is 10.2 Å². The molecule has 0 unspecified atom stereocenters. The molecule has 14 heavy (non-hydrogen) atoms. The van der Waals surface area contributed by atoms with Gasteiger partial charge in [0, 0.05) is 6.54 Å². The van der Waals surface area contributed by atoms with Crippen LogP contribution in [0.3, 0.4) is 0 Å². The molecule has 0 aromatic carbocycles. The first-order valence-electron chi connectivity index (χ1n) is 4.41. The fourth-order valence-electron chi connectivity index (χ4n) is 1.07. The van der Waals surface area contributed by atoms with Gasteiger partial charge in [-0.3, -0.25) is 0 Å². The molecule has 2 aromatic rings. The van der Waals surface area contributed by atoms with Gasteiger partial charge in [0.1, 0.15) is 5.52 Å². The molecule has 0 amide bonds. The molecule has 0 aliphatic rings. The molecule has 0 aliphatic heterocycles. The number of anilines is 1. The Bertz CT molecular complexity index is 413. The van der Waals surface area contributed by atoms with Crippen LogP contribution in [-0.4, -0.2) is 27.4 Å². The number of hydrogen-bond donors (Lipinski definition) is 2. The van der Waals surface area contributed by atoms with Crippen molar-refractivity contribution in [1.82, 2.24) is 14.3 Å². The molecule has 6 heteroatoms. The Morgan fingerprint density at radius 2 is 2.36 bits per heavy atom. The molecule has 0 radical (unpaired) electrons. The molecular formula is C8H11N5S. The van der Waals surface area contributed by atoms with Crippen molar-refractivity contribution in [3.63, 3.8) is 0 Å². The van der Waals surface area contributed by atoms with Gasteiger partial charge in [0.25, 0.3) is 0 Å². The molecule has 2 heterocycles. The number of hydrogen-bond acceptors (Lipinski definition) is 6. The maximum Gasteiger partial charge on any atom is 0.223 e. The monoisotopic (exact) mass is 209 g/mol. The summed E-state index contributed by atoms with van der Waals surface area (Å²) < 4.78 is 5.04. The maximum absolute atomic E-state index is 5.38. The highest BCUT2D eigenvalue weighted by molar-refractivity contribution is 7.13. The van der Waals surface area contributed by atoms with Gasteiger partial charge in [-0.1, -0.05) is 0 Å². The molecule has 0 saturated carbocycles. The van der Waals surface area contributed by atoms with E-state index < -0.39 is 0 Å². The highest BCUT2D eigenvalue weighted by Gasteiger charge is 2.00. The Morgan fingerprint density at radius 3 is 3.21 bits per heavy atom. The van der Waals surface area contributed by atoms with E-state index in [0.717, 1.165) is 23.2 Å². The van der Waals surface area contributed by atoms with Crippen LogP contribution in [0.2, 0.25) is 0 Å². The standard InChI is InChI=1S/C8H11N5S/c9-2-1-3-10-8-11-5-7-6(13-8)4-12-14-7/h4-5H,1-3,9H2,(H,10,11,13). The smallest absolute Gasteiger partial charge is 0.223 e. The summed E-state index contributed by atoms with van der Waals surface area (Å²) in [6.07, 6.45) is 4.45. The largest absolute Gasteiger partial charge is 0.354 e. The summed E-state index contributed by atoms with van der Waals surface area (Å²) in [5.41, 5.74) is 6.27. The van der Waals surface area contributed by atoms with Gasteiger partial charge in [-0.25, -0.2) is 9.97 Å². The highest BCUT2D eigenvalue weighted by atomic mass is 32.1. The van der Waals surface area contributed by atoms with Gasteiger partial charge in [-0.05, 0) is 24.5 Å². The van der Waals surface area contributed by atoms with Gasteiger partial charge in [0.05, 0.1) is 17.1 Å². The van der Waals surface area contributed by atoms with Crippen molar-refractivity contribution in [3.8, 4) is 0 Å². The molecule has 5 nitrogen and oxygen atoms in total. The van der Waals surface area contributed by atoms with Gasteiger partial charge in [0.2, 0.25) is 5.95 Å². The number of nitrogens with zero attached hydrogens (tertiary/aromatic N) is 3. The average Bonchev–Trinajstić information content (AvgIpc) is 2.65. The van der Waals surface area contributed by atoms with Gasteiger partial charge in [0.15, 0.2) is 0 Å². The van der Waals surface area contributed by atoms with E-state index >= 15 is 0 Å². The van der Waals surface area contributed by atoms with Crippen molar-refractivity contribution in [3.05, 3.63) is 12.4 Å². The van der Waals surface area contributed by atoms with E-state index in [1.807, 2.05) is 0 Å². The summed E-state index contributed by atoms with van der Waals surface area (Å²) >= 11 is 1.40. The zero-order valence-electron chi connectivity index (χ0n) is 7.60. The molecule has 2 aromatic heterocycles. The highest BCUT2D eigenvalue weighted by Crippen LogP contribution is 2.15. The van der Waals surface area contributed by atoms with Crippen molar-refractivity contribution >= 4 is 27.7 Å². The Kier molecular flexibility index (Phi) is 2.85. The second-order valence-corrected chi connectivity index (χ2v) is 3.67. The minimum atomic E-state index is 0.645. The first-order valence-corrected chi connectivity index (χ1v) is 5.19. The molecular weight excluding hydrogens is 198 g/mol. The fraction of sp³-hybridized carbons (Fsp3) is 0.375. The quantitative estimate of drug-likeness (QED) is 0.730. The summed E-state index contributed by atoms with van der Waals surface area (Å²) in [7, 11) is 0. The third-order valence-electron chi connectivity index (χ3n) is 1.77. The van der Waals surface area contributed by atoms with Crippen LogP contribution >= 0.6 is 11.5 Å². The van der Waals surface area contributed by atoms with E-state index in [4.69, 9.17) is 5.73 Å². The summed E-state index contributed by atoms with van der Waals surface area (Å²) in [5.74, 6) is 0.645. The number of nitrogens with one attached hydrogen (secondary N) is 1. The van der Waals surface area contributed by atoms with E-state index in [1.54, 1.807) is 12.4 Å². The molecule has 0 saturated heterocycles. The van der Waals surface area contributed by atoms with Crippen LogP contribution in [0.5, 0.6) is 0 Å². The van der Waals surface area contributed by atoms with Crippen LogP contribution in [0, 0.1) is 0 Å². The summed E-state index contributed by atoms with van der Waals surface area (Å²) in [6.45, 7) is 1.48. The maximum atomic E-state index is 5.38. The van der Waals surface area contributed by atoms with E-state index in [-0.39, 0.29) is 0 Å².